The highest BCUT2D eigenvalue weighted by atomic mass is 35.5. The predicted molar refractivity (Wildman–Crippen MR) is 97.2 cm³/mol. The first-order valence-electron chi connectivity index (χ1n) is 8.00. The van der Waals surface area contributed by atoms with E-state index in [4.69, 9.17) is 22.1 Å². The van der Waals surface area contributed by atoms with E-state index in [0.717, 1.165) is 16.9 Å². The smallest absolute Gasteiger partial charge is 0.224 e. The lowest BCUT2D eigenvalue weighted by Crippen LogP contribution is -2.32. The van der Waals surface area contributed by atoms with Crippen LogP contribution in [0.25, 0.3) is 0 Å². The molecule has 0 spiro atoms. The van der Waals surface area contributed by atoms with Crippen LogP contribution >= 0.6 is 11.6 Å². The molecule has 0 saturated carbocycles. The summed E-state index contributed by atoms with van der Waals surface area (Å²) in [5.74, 6) is 0.980. The van der Waals surface area contributed by atoms with Crippen molar-refractivity contribution in [1.82, 2.24) is 5.32 Å². The molecule has 0 bridgehead atoms. The molecule has 0 aliphatic heterocycles. The van der Waals surface area contributed by atoms with Gasteiger partial charge in [-0.3, -0.25) is 4.79 Å². The number of nitrogens with two attached hydrogens (primary N) is 1. The lowest BCUT2D eigenvalue weighted by atomic mass is 10.1. The minimum absolute atomic E-state index is 0.0152. The van der Waals surface area contributed by atoms with Crippen LogP contribution in [0.5, 0.6) is 5.75 Å². The maximum atomic E-state index is 12.0. The summed E-state index contributed by atoms with van der Waals surface area (Å²) in [6.45, 7) is 3.55. The fourth-order valence-corrected chi connectivity index (χ4v) is 2.33. The van der Waals surface area contributed by atoms with Crippen molar-refractivity contribution in [3.8, 4) is 5.75 Å². The van der Waals surface area contributed by atoms with E-state index in [-0.39, 0.29) is 11.8 Å². The van der Waals surface area contributed by atoms with Gasteiger partial charge in [-0.25, -0.2) is 0 Å². The summed E-state index contributed by atoms with van der Waals surface area (Å²) in [4.78, 5) is 12.0. The van der Waals surface area contributed by atoms with Crippen molar-refractivity contribution in [2.75, 3.05) is 13.1 Å². The Labute approximate surface area is 148 Å². The van der Waals surface area contributed by atoms with Gasteiger partial charge in [0.1, 0.15) is 12.4 Å². The van der Waals surface area contributed by atoms with E-state index >= 15 is 0 Å². The van der Waals surface area contributed by atoms with E-state index in [2.05, 4.69) is 5.32 Å². The number of ether oxygens (including phenoxy) is 1. The molecule has 128 valence electrons. The van der Waals surface area contributed by atoms with Gasteiger partial charge < -0.3 is 15.8 Å². The second kappa shape index (κ2) is 9.30. The lowest BCUT2D eigenvalue weighted by Gasteiger charge is -2.11. The van der Waals surface area contributed by atoms with E-state index < -0.39 is 0 Å². The monoisotopic (exact) mass is 346 g/mol. The number of carbonyl (C=O) groups excluding carboxylic acids is 1. The van der Waals surface area contributed by atoms with Crippen molar-refractivity contribution in [2.45, 2.75) is 20.0 Å². The van der Waals surface area contributed by atoms with Gasteiger partial charge in [0.25, 0.3) is 0 Å². The summed E-state index contributed by atoms with van der Waals surface area (Å²) >= 11 is 6.12. The molecular formula is C19H23ClN2O2. The van der Waals surface area contributed by atoms with Gasteiger partial charge in [0.2, 0.25) is 5.91 Å². The van der Waals surface area contributed by atoms with Crippen molar-refractivity contribution in [2.24, 2.45) is 11.7 Å². The van der Waals surface area contributed by atoms with Gasteiger partial charge in [0.05, 0.1) is 6.42 Å². The molecule has 0 heterocycles. The number of halogens is 1. The number of carbonyl (C=O) groups is 1. The normalized spacial score (nSPS) is 11.8. The van der Waals surface area contributed by atoms with Crippen LogP contribution in [-0.2, 0) is 17.8 Å². The number of rotatable bonds is 8. The zero-order valence-electron chi connectivity index (χ0n) is 13.8. The lowest BCUT2D eigenvalue weighted by molar-refractivity contribution is -0.120. The largest absolute Gasteiger partial charge is 0.489 e. The summed E-state index contributed by atoms with van der Waals surface area (Å²) in [7, 11) is 0. The molecule has 2 aromatic rings. The van der Waals surface area contributed by atoms with Gasteiger partial charge in [-0.1, -0.05) is 48.9 Å². The number of nitrogens with one attached hydrogen (secondary N) is 1. The summed E-state index contributed by atoms with van der Waals surface area (Å²) < 4.78 is 5.78. The highest BCUT2D eigenvalue weighted by Gasteiger charge is 2.07. The van der Waals surface area contributed by atoms with E-state index in [1.54, 1.807) is 0 Å². The molecule has 1 unspecified atom stereocenters. The van der Waals surface area contributed by atoms with Crippen LogP contribution in [0.4, 0.5) is 0 Å². The van der Waals surface area contributed by atoms with Gasteiger partial charge in [0.15, 0.2) is 0 Å². The Morgan fingerprint density at radius 1 is 1.25 bits per heavy atom. The molecule has 1 atom stereocenters. The zero-order valence-corrected chi connectivity index (χ0v) is 14.6. The average Bonchev–Trinajstić information content (AvgIpc) is 2.59. The third kappa shape index (κ3) is 5.87. The van der Waals surface area contributed by atoms with Crippen LogP contribution < -0.4 is 15.8 Å². The molecule has 2 rings (SSSR count). The molecule has 0 aromatic heterocycles. The fourth-order valence-electron chi connectivity index (χ4n) is 2.14. The van der Waals surface area contributed by atoms with Crippen LogP contribution in [0, 0.1) is 5.92 Å². The Kier molecular flexibility index (Phi) is 7.09. The van der Waals surface area contributed by atoms with E-state index in [0.29, 0.717) is 31.1 Å². The first kappa shape index (κ1) is 18.3. The van der Waals surface area contributed by atoms with Gasteiger partial charge in [-0.05, 0) is 36.2 Å². The van der Waals surface area contributed by atoms with E-state index in [9.17, 15) is 4.79 Å². The Bertz CT molecular complexity index is 676. The van der Waals surface area contributed by atoms with Crippen molar-refractivity contribution in [3.63, 3.8) is 0 Å². The number of amides is 1. The van der Waals surface area contributed by atoms with Gasteiger partial charge in [-0.15, -0.1) is 0 Å². The van der Waals surface area contributed by atoms with Crippen LogP contribution in [0.15, 0.2) is 48.5 Å². The summed E-state index contributed by atoms with van der Waals surface area (Å²) in [5.41, 5.74) is 7.38. The highest BCUT2D eigenvalue weighted by Crippen LogP contribution is 2.19. The molecule has 0 radical (unpaired) electrons. The average molecular weight is 347 g/mol. The molecule has 0 saturated heterocycles. The maximum Gasteiger partial charge on any atom is 0.224 e. The van der Waals surface area contributed by atoms with Crippen LogP contribution in [0.2, 0.25) is 5.02 Å². The van der Waals surface area contributed by atoms with Crippen molar-refractivity contribution in [3.05, 3.63) is 64.7 Å². The Morgan fingerprint density at radius 3 is 2.79 bits per heavy atom. The number of hydrogen-bond acceptors (Lipinski definition) is 3. The van der Waals surface area contributed by atoms with E-state index in [1.807, 2.05) is 55.5 Å². The molecule has 2 aromatic carbocycles. The standard InChI is InChI=1S/C19H23ClN2O2/c1-14(11-21)12-22-19(23)10-15-5-4-7-17(9-15)24-13-16-6-2-3-8-18(16)20/h2-9,14H,10-13,21H2,1H3,(H,22,23). The molecule has 3 N–H and O–H groups in total. The van der Waals surface area contributed by atoms with Crippen LogP contribution in [-0.4, -0.2) is 19.0 Å². The second-order valence-electron chi connectivity index (χ2n) is 5.85. The number of benzene rings is 2. The zero-order chi connectivity index (χ0) is 17.4. The fraction of sp³-hybridized carbons (Fsp3) is 0.316. The maximum absolute atomic E-state index is 12.0. The first-order chi connectivity index (χ1) is 11.6. The third-order valence-corrected chi connectivity index (χ3v) is 4.03. The number of hydrogen-bond donors (Lipinski definition) is 2. The Balaban J connectivity index is 1.89. The summed E-state index contributed by atoms with van der Waals surface area (Å²) in [6, 6.07) is 15.1. The molecule has 0 aliphatic carbocycles. The first-order valence-corrected chi connectivity index (χ1v) is 8.38. The molecule has 24 heavy (non-hydrogen) atoms. The Morgan fingerprint density at radius 2 is 2.04 bits per heavy atom. The SMILES string of the molecule is CC(CN)CNC(=O)Cc1cccc(OCc2ccccc2Cl)c1. The van der Waals surface area contributed by atoms with Crippen LogP contribution in [0.1, 0.15) is 18.1 Å². The minimum Gasteiger partial charge on any atom is -0.489 e. The molecule has 1 amide bonds. The van der Waals surface area contributed by atoms with Gasteiger partial charge in [-0.2, -0.15) is 0 Å². The van der Waals surface area contributed by atoms with Crippen molar-refractivity contribution >= 4 is 17.5 Å². The Hall–Kier alpha value is -2.04. The summed E-state index contributed by atoms with van der Waals surface area (Å²) in [5, 5.41) is 3.57. The second-order valence-corrected chi connectivity index (χ2v) is 6.26. The molecular weight excluding hydrogens is 324 g/mol. The van der Waals surface area contributed by atoms with Gasteiger partial charge in [0, 0.05) is 17.1 Å². The predicted octanol–water partition coefficient (Wildman–Crippen LogP) is 3.17. The molecule has 4 nitrogen and oxygen atoms in total. The minimum atomic E-state index is -0.0152. The molecule has 0 aliphatic rings. The highest BCUT2D eigenvalue weighted by molar-refractivity contribution is 6.31. The topological polar surface area (TPSA) is 64.3 Å². The third-order valence-electron chi connectivity index (χ3n) is 3.67. The molecule has 5 heteroatoms. The summed E-state index contributed by atoms with van der Waals surface area (Å²) in [6.07, 6.45) is 0.320. The van der Waals surface area contributed by atoms with E-state index in [1.165, 1.54) is 0 Å². The van der Waals surface area contributed by atoms with Crippen LogP contribution in [0.3, 0.4) is 0 Å². The quantitative estimate of drug-likeness (QED) is 0.771. The van der Waals surface area contributed by atoms with Crippen molar-refractivity contribution < 1.29 is 9.53 Å². The molecule has 0 fully saturated rings. The van der Waals surface area contributed by atoms with Crippen molar-refractivity contribution in [1.29, 1.82) is 0 Å². The van der Waals surface area contributed by atoms with Gasteiger partial charge >= 0.3 is 0 Å².